The quantitative estimate of drug-likeness (QED) is 0.627. The van der Waals surface area contributed by atoms with Crippen molar-refractivity contribution in [1.29, 1.82) is 5.26 Å². The molecule has 3 rings (SSSR count). The first-order valence-corrected chi connectivity index (χ1v) is 6.94. The summed E-state index contributed by atoms with van der Waals surface area (Å²) in [4.78, 5) is 0. The van der Waals surface area contributed by atoms with Crippen molar-refractivity contribution in [3.05, 3.63) is 83.9 Å². The van der Waals surface area contributed by atoms with Crippen molar-refractivity contribution in [1.82, 2.24) is 0 Å². The molecule has 0 radical (unpaired) electrons. The molecule has 100 valence electrons. The number of aryl methyl sites for hydroxylation is 1. The molecule has 0 aliphatic rings. The molecule has 3 aromatic rings. The van der Waals surface area contributed by atoms with Gasteiger partial charge in [0.15, 0.2) is 0 Å². The minimum absolute atomic E-state index is 0.688. The zero-order valence-electron chi connectivity index (χ0n) is 11.9. The number of rotatable bonds is 2. The van der Waals surface area contributed by atoms with Crippen molar-refractivity contribution < 1.29 is 0 Å². The largest absolute Gasteiger partial charge is 0.192 e. The van der Waals surface area contributed by atoms with Crippen LogP contribution < -0.4 is 0 Å². The first kappa shape index (κ1) is 13.1. The monoisotopic (exact) mass is 269 g/mol. The molecular weight excluding hydrogens is 254 g/mol. The molecule has 1 heteroatoms. The second-order valence-corrected chi connectivity index (χ2v) is 5.15. The van der Waals surface area contributed by atoms with Gasteiger partial charge in [-0.05, 0) is 47.4 Å². The third kappa shape index (κ3) is 2.85. The van der Waals surface area contributed by atoms with Gasteiger partial charge in [-0.3, -0.25) is 0 Å². The molecule has 0 aliphatic heterocycles. The lowest BCUT2D eigenvalue weighted by Crippen LogP contribution is -1.85. The van der Waals surface area contributed by atoms with Crippen molar-refractivity contribution in [3.8, 4) is 28.3 Å². The van der Waals surface area contributed by atoms with E-state index >= 15 is 0 Å². The van der Waals surface area contributed by atoms with Crippen LogP contribution in [-0.4, -0.2) is 0 Å². The topological polar surface area (TPSA) is 23.8 Å². The van der Waals surface area contributed by atoms with E-state index in [1.807, 2.05) is 36.4 Å². The Balaban J connectivity index is 2.17. The average Bonchev–Trinajstić information content (AvgIpc) is 2.55. The highest BCUT2D eigenvalue weighted by Crippen LogP contribution is 2.28. The van der Waals surface area contributed by atoms with Crippen molar-refractivity contribution in [2.45, 2.75) is 6.92 Å². The van der Waals surface area contributed by atoms with Crippen LogP contribution >= 0.6 is 0 Å². The Hall–Kier alpha value is -2.85. The molecule has 0 atom stereocenters. The molecule has 0 fully saturated rings. The van der Waals surface area contributed by atoms with E-state index in [0.717, 1.165) is 22.3 Å². The number of nitriles is 1. The second kappa shape index (κ2) is 5.64. The van der Waals surface area contributed by atoms with Crippen LogP contribution in [0.25, 0.3) is 22.3 Å². The zero-order chi connectivity index (χ0) is 14.7. The zero-order valence-corrected chi connectivity index (χ0v) is 11.9. The lowest BCUT2D eigenvalue weighted by Gasteiger charge is -2.08. The maximum atomic E-state index is 9.28. The predicted molar refractivity (Wildman–Crippen MR) is 86.8 cm³/mol. The van der Waals surface area contributed by atoms with Crippen LogP contribution in [0.4, 0.5) is 0 Å². The molecule has 0 aromatic heterocycles. The molecule has 0 N–H and O–H groups in total. The van der Waals surface area contributed by atoms with Gasteiger partial charge in [-0.25, -0.2) is 0 Å². The van der Waals surface area contributed by atoms with E-state index in [9.17, 15) is 5.26 Å². The normalized spacial score (nSPS) is 10.1. The number of hydrogen-bond acceptors (Lipinski definition) is 1. The van der Waals surface area contributed by atoms with Gasteiger partial charge in [-0.2, -0.15) is 5.26 Å². The summed E-state index contributed by atoms with van der Waals surface area (Å²) in [5.41, 5.74) is 6.33. The average molecular weight is 269 g/mol. The molecule has 0 aliphatic carbocycles. The van der Waals surface area contributed by atoms with Gasteiger partial charge >= 0.3 is 0 Å². The van der Waals surface area contributed by atoms with Crippen LogP contribution in [0.15, 0.2) is 72.8 Å². The highest BCUT2D eigenvalue weighted by molar-refractivity contribution is 5.75. The van der Waals surface area contributed by atoms with Crippen molar-refractivity contribution in [2.75, 3.05) is 0 Å². The summed E-state index contributed by atoms with van der Waals surface area (Å²) in [5, 5.41) is 9.28. The van der Waals surface area contributed by atoms with Gasteiger partial charge < -0.3 is 0 Å². The van der Waals surface area contributed by atoms with Crippen LogP contribution in [0.5, 0.6) is 0 Å². The Bertz CT molecular complexity index is 811. The fourth-order valence-corrected chi connectivity index (χ4v) is 2.48. The van der Waals surface area contributed by atoms with Gasteiger partial charge in [-0.15, -0.1) is 0 Å². The van der Waals surface area contributed by atoms with Crippen LogP contribution in [0, 0.1) is 18.3 Å². The standard InChI is InChI=1S/C20H15N/c1-15-6-5-9-18(10-15)20-12-16(14-21)11-19(13-20)17-7-3-2-4-8-17/h2-13H,1H3. The smallest absolute Gasteiger partial charge is 0.0992 e. The van der Waals surface area contributed by atoms with Gasteiger partial charge in [0.25, 0.3) is 0 Å². The first-order chi connectivity index (χ1) is 10.3. The van der Waals surface area contributed by atoms with E-state index in [-0.39, 0.29) is 0 Å². The third-order valence-corrected chi connectivity index (χ3v) is 3.52. The highest BCUT2D eigenvalue weighted by Gasteiger charge is 2.05. The van der Waals surface area contributed by atoms with Crippen LogP contribution in [0.1, 0.15) is 11.1 Å². The first-order valence-electron chi connectivity index (χ1n) is 6.94. The van der Waals surface area contributed by atoms with Crippen molar-refractivity contribution >= 4 is 0 Å². The fourth-order valence-electron chi connectivity index (χ4n) is 2.48. The van der Waals surface area contributed by atoms with Crippen molar-refractivity contribution in [3.63, 3.8) is 0 Å². The molecule has 1 nitrogen and oxygen atoms in total. The SMILES string of the molecule is Cc1cccc(-c2cc(C#N)cc(-c3ccccc3)c2)c1. The van der Waals surface area contributed by atoms with E-state index in [4.69, 9.17) is 0 Å². The van der Waals surface area contributed by atoms with Crippen LogP contribution in [-0.2, 0) is 0 Å². The molecule has 0 spiro atoms. The highest BCUT2D eigenvalue weighted by atomic mass is 14.2. The van der Waals surface area contributed by atoms with Gasteiger partial charge in [-0.1, -0.05) is 60.2 Å². The minimum Gasteiger partial charge on any atom is -0.192 e. The lowest BCUT2D eigenvalue weighted by atomic mass is 9.96. The van der Waals surface area contributed by atoms with Gasteiger partial charge in [0.05, 0.1) is 11.6 Å². The maximum absolute atomic E-state index is 9.28. The third-order valence-electron chi connectivity index (χ3n) is 3.52. The van der Waals surface area contributed by atoms with Crippen LogP contribution in [0.3, 0.4) is 0 Å². The van der Waals surface area contributed by atoms with Gasteiger partial charge in [0.2, 0.25) is 0 Å². The Labute approximate surface area is 125 Å². The molecule has 0 unspecified atom stereocenters. The Kier molecular flexibility index (Phi) is 3.53. The van der Waals surface area contributed by atoms with Crippen LogP contribution in [0.2, 0.25) is 0 Å². The molecule has 0 saturated carbocycles. The number of nitrogens with zero attached hydrogens (tertiary/aromatic N) is 1. The van der Waals surface area contributed by atoms with E-state index in [0.29, 0.717) is 5.56 Å². The number of benzene rings is 3. The van der Waals surface area contributed by atoms with E-state index in [2.05, 4.69) is 49.4 Å². The lowest BCUT2D eigenvalue weighted by molar-refractivity contribution is 1.45. The van der Waals surface area contributed by atoms with E-state index in [1.165, 1.54) is 5.56 Å². The molecule has 0 amide bonds. The Morgan fingerprint density at radius 2 is 1.33 bits per heavy atom. The summed E-state index contributed by atoms with van der Waals surface area (Å²) in [6, 6.07) is 26.8. The number of hydrogen-bond donors (Lipinski definition) is 0. The molecule has 0 bridgehead atoms. The second-order valence-electron chi connectivity index (χ2n) is 5.15. The van der Waals surface area contributed by atoms with Gasteiger partial charge in [0.1, 0.15) is 0 Å². The summed E-state index contributed by atoms with van der Waals surface area (Å²) in [7, 11) is 0. The van der Waals surface area contributed by atoms with Crippen molar-refractivity contribution in [2.24, 2.45) is 0 Å². The maximum Gasteiger partial charge on any atom is 0.0992 e. The molecule has 0 heterocycles. The predicted octanol–water partition coefficient (Wildman–Crippen LogP) is 5.20. The van der Waals surface area contributed by atoms with Gasteiger partial charge in [0, 0.05) is 0 Å². The molecular formula is C20H15N. The summed E-state index contributed by atoms with van der Waals surface area (Å²) < 4.78 is 0. The summed E-state index contributed by atoms with van der Waals surface area (Å²) in [5.74, 6) is 0. The molecule has 3 aromatic carbocycles. The minimum atomic E-state index is 0.688. The van der Waals surface area contributed by atoms with E-state index in [1.54, 1.807) is 0 Å². The molecule has 0 saturated heterocycles. The summed E-state index contributed by atoms with van der Waals surface area (Å²) in [6.45, 7) is 2.08. The Morgan fingerprint density at radius 3 is 2.00 bits per heavy atom. The molecule has 21 heavy (non-hydrogen) atoms. The summed E-state index contributed by atoms with van der Waals surface area (Å²) >= 11 is 0. The fraction of sp³-hybridized carbons (Fsp3) is 0.0500. The Morgan fingerprint density at radius 1 is 0.667 bits per heavy atom. The van der Waals surface area contributed by atoms with E-state index < -0.39 is 0 Å². The summed E-state index contributed by atoms with van der Waals surface area (Å²) in [6.07, 6.45) is 0.